The molecule has 2 aromatic rings. The third kappa shape index (κ3) is 6.23. The Kier molecular flexibility index (Phi) is 6.38. The van der Waals surface area contributed by atoms with Gasteiger partial charge in [0.2, 0.25) is 5.89 Å². The van der Waals surface area contributed by atoms with Gasteiger partial charge in [-0.3, -0.25) is 0 Å². The first-order valence-corrected chi connectivity index (χ1v) is 8.17. The van der Waals surface area contributed by atoms with E-state index in [1.165, 1.54) is 0 Å². The molecule has 0 spiro atoms. The van der Waals surface area contributed by atoms with E-state index < -0.39 is 11.7 Å². The first kappa shape index (κ1) is 19.5. The van der Waals surface area contributed by atoms with Gasteiger partial charge < -0.3 is 19.2 Å². The van der Waals surface area contributed by atoms with Gasteiger partial charge in [-0.2, -0.15) is 0 Å². The number of halogens is 1. The summed E-state index contributed by atoms with van der Waals surface area (Å²) in [6.45, 7) is 7.11. The number of carbonyl (C=O) groups excluding carboxylic acids is 1. The van der Waals surface area contributed by atoms with Crippen LogP contribution in [0.3, 0.4) is 0 Å². The lowest BCUT2D eigenvalue weighted by Crippen LogP contribution is -2.34. The maximum atomic E-state index is 13.0. The number of hydrogen-bond acceptors (Lipinski definition) is 5. The van der Waals surface area contributed by atoms with Crippen molar-refractivity contribution in [2.24, 2.45) is 0 Å². The molecule has 7 heteroatoms. The Labute approximate surface area is 152 Å². The van der Waals surface area contributed by atoms with Crippen LogP contribution in [-0.2, 0) is 4.74 Å². The lowest BCUT2D eigenvalue weighted by atomic mass is 10.2. The largest absolute Gasteiger partial charge is 0.489 e. The number of aromatic nitrogens is 1. The van der Waals surface area contributed by atoms with Gasteiger partial charge in [0.15, 0.2) is 0 Å². The highest BCUT2D eigenvalue weighted by Crippen LogP contribution is 2.22. The molecular weight excluding hydrogens is 339 g/mol. The zero-order chi connectivity index (χ0) is 19.2. The van der Waals surface area contributed by atoms with Crippen molar-refractivity contribution in [2.75, 3.05) is 13.2 Å². The molecular formula is C19H23FN2O4. The molecule has 6 nitrogen and oxygen atoms in total. The maximum Gasteiger partial charge on any atom is 0.407 e. The first-order chi connectivity index (χ1) is 12.3. The molecule has 2 rings (SSSR count). The highest BCUT2D eigenvalue weighted by Gasteiger charge is 2.16. The van der Waals surface area contributed by atoms with Crippen molar-refractivity contribution in [3.63, 3.8) is 0 Å². The third-order valence-electron chi connectivity index (χ3n) is 3.16. The Morgan fingerprint density at radius 1 is 1.31 bits per heavy atom. The van der Waals surface area contributed by atoms with Crippen molar-refractivity contribution >= 4 is 6.09 Å². The molecule has 1 aromatic heterocycles. The number of alkyl carbamates (subject to hydrolysis) is 1. The zero-order valence-electron chi connectivity index (χ0n) is 15.3. The van der Waals surface area contributed by atoms with Crippen molar-refractivity contribution in [3.8, 4) is 17.2 Å². The molecule has 0 saturated heterocycles. The smallest absolute Gasteiger partial charge is 0.407 e. The topological polar surface area (TPSA) is 73.6 Å². The van der Waals surface area contributed by atoms with Gasteiger partial charge >= 0.3 is 6.09 Å². The number of rotatable bonds is 6. The number of carbonyl (C=O) groups is 1. The number of nitrogens with zero attached hydrogens (tertiary/aromatic N) is 1. The average molecular weight is 362 g/mol. The quantitative estimate of drug-likeness (QED) is 0.824. The summed E-state index contributed by atoms with van der Waals surface area (Å²) in [7, 11) is 0. The minimum absolute atomic E-state index is 0.000904. The van der Waals surface area contributed by atoms with E-state index in [4.69, 9.17) is 13.9 Å². The van der Waals surface area contributed by atoms with E-state index in [1.54, 1.807) is 51.3 Å². The van der Waals surface area contributed by atoms with Crippen molar-refractivity contribution in [3.05, 3.63) is 48.1 Å². The van der Waals surface area contributed by atoms with Crippen LogP contribution < -0.4 is 10.1 Å². The van der Waals surface area contributed by atoms with Crippen LogP contribution in [0, 0.1) is 6.92 Å². The Morgan fingerprint density at radius 2 is 2.00 bits per heavy atom. The van der Waals surface area contributed by atoms with Gasteiger partial charge in [0.05, 0.1) is 12.0 Å². The van der Waals surface area contributed by atoms with Gasteiger partial charge in [-0.1, -0.05) is 0 Å². The van der Waals surface area contributed by atoms with Crippen LogP contribution >= 0.6 is 0 Å². The lowest BCUT2D eigenvalue weighted by Gasteiger charge is -2.20. The van der Waals surface area contributed by atoms with Gasteiger partial charge in [0.1, 0.15) is 24.2 Å². The summed E-state index contributed by atoms with van der Waals surface area (Å²) in [4.78, 5) is 15.8. The van der Waals surface area contributed by atoms with Gasteiger partial charge in [-0.05, 0) is 52.0 Å². The number of oxazole rings is 1. The van der Waals surface area contributed by atoms with Crippen LogP contribution in [0.5, 0.6) is 5.75 Å². The Hall–Kier alpha value is -2.83. The molecule has 0 unspecified atom stereocenters. The van der Waals surface area contributed by atoms with Crippen LogP contribution in [0.2, 0.25) is 0 Å². The van der Waals surface area contributed by atoms with E-state index in [9.17, 15) is 9.18 Å². The number of benzene rings is 1. The van der Waals surface area contributed by atoms with Gasteiger partial charge in [0.25, 0.3) is 0 Å². The number of hydrogen-bond donors (Lipinski definition) is 1. The molecule has 1 aromatic carbocycles. The molecule has 26 heavy (non-hydrogen) atoms. The summed E-state index contributed by atoms with van der Waals surface area (Å²) >= 11 is 0. The Balaban J connectivity index is 1.83. The van der Waals surface area contributed by atoms with Crippen LogP contribution in [0.4, 0.5) is 9.18 Å². The molecule has 0 aliphatic rings. The minimum atomic E-state index is -0.609. The summed E-state index contributed by atoms with van der Waals surface area (Å²) in [5.74, 6) is 1.09. The molecule has 1 amide bonds. The second-order valence-electron chi connectivity index (χ2n) is 6.73. The molecule has 0 atom stereocenters. The predicted octanol–water partition coefficient (Wildman–Crippen LogP) is 4.41. The highest BCUT2D eigenvalue weighted by molar-refractivity contribution is 5.68. The monoisotopic (exact) mass is 362 g/mol. The van der Waals surface area contributed by atoms with Crippen LogP contribution in [-0.4, -0.2) is 29.8 Å². The third-order valence-corrected chi connectivity index (χ3v) is 3.16. The second kappa shape index (κ2) is 8.51. The van der Waals surface area contributed by atoms with Crippen LogP contribution in [0.25, 0.3) is 11.5 Å². The molecule has 0 aliphatic heterocycles. The fourth-order valence-corrected chi connectivity index (χ4v) is 1.98. The number of nitrogens with one attached hydrogen (secondary N) is 1. The molecule has 1 heterocycles. The Bertz CT molecular complexity index is 761. The standard InChI is InChI=1S/C19H23FN2O4/c1-13-11-25-17(22-13)15-5-7-16(8-6-15)24-12-14(9-20)10-21-18(23)26-19(2,3)4/h5-9,11H,10,12H2,1-4H3,(H,21,23)/b14-9+. The first-order valence-electron chi connectivity index (χ1n) is 8.17. The summed E-state index contributed by atoms with van der Waals surface area (Å²) in [6, 6.07) is 7.09. The van der Waals surface area contributed by atoms with E-state index in [0.29, 0.717) is 18.0 Å². The Morgan fingerprint density at radius 3 is 2.54 bits per heavy atom. The van der Waals surface area contributed by atoms with Crippen molar-refractivity contribution in [1.82, 2.24) is 10.3 Å². The molecule has 0 bridgehead atoms. The van der Waals surface area contributed by atoms with E-state index >= 15 is 0 Å². The maximum absolute atomic E-state index is 13.0. The average Bonchev–Trinajstić information content (AvgIpc) is 3.00. The second-order valence-corrected chi connectivity index (χ2v) is 6.73. The van der Waals surface area contributed by atoms with E-state index in [1.807, 2.05) is 6.92 Å². The molecule has 1 N–H and O–H groups in total. The zero-order valence-corrected chi connectivity index (χ0v) is 15.3. The summed E-state index contributed by atoms with van der Waals surface area (Å²) in [5.41, 5.74) is 1.29. The summed E-state index contributed by atoms with van der Waals surface area (Å²) in [5, 5.41) is 2.49. The minimum Gasteiger partial charge on any atom is -0.489 e. The van der Waals surface area contributed by atoms with Crippen LogP contribution in [0.1, 0.15) is 26.5 Å². The highest BCUT2D eigenvalue weighted by atomic mass is 19.1. The molecule has 0 saturated carbocycles. The van der Waals surface area contributed by atoms with Crippen molar-refractivity contribution in [2.45, 2.75) is 33.3 Å². The number of amides is 1. The van der Waals surface area contributed by atoms with Gasteiger partial charge in [-0.25, -0.2) is 14.2 Å². The fraction of sp³-hybridized carbons (Fsp3) is 0.368. The fourth-order valence-electron chi connectivity index (χ4n) is 1.98. The SMILES string of the molecule is Cc1coc(-c2ccc(OC/C(=C/F)CNC(=O)OC(C)(C)C)cc2)n1. The van der Waals surface area contributed by atoms with Crippen molar-refractivity contribution in [1.29, 1.82) is 0 Å². The van der Waals surface area contributed by atoms with Crippen molar-refractivity contribution < 1.29 is 23.1 Å². The molecule has 0 aliphatic carbocycles. The molecule has 0 radical (unpaired) electrons. The van der Waals surface area contributed by atoms with E-state index in [0.717, 1.165) is 11.3 Å². The summed E-state index contributed by atoms with van der Waals surface area (Å²) in [6.07, 6.45) is 1.39. The van der Waals surface area contributed by atoms with E-state index in [-0.39, 0.29) is 18.7 Å². The number of aryl methyl sites for hydroxylation is 1. The molecule has 0 fully saturated rings. The normalized spacial score (nSPS) is 12.0. The summed E-state index contributed by atoms with van der Waals surface area (Å²) < 4.78 is 28.9. The van der Waals surface area contributed by atoms with Gasteiger partial charge in [0, 0.05) is 17.7 Å². The lowest BCUT2D eigenvalue weighted by molar-refractivity contribution is 0.0531. The van der Waals surface area contributed by atoms with E-state index in [2.05, 4.69) is 10.3 Å². The number of ether oxygens (including phenoxy) is 2. The predicted molar refractivity (Wildman–Crippen MR) is 95.6 cm³/mol. The van der Waals surface area contributed by atoms with Crippen LogP contribution in [0.15, 0.2) is 46.8 Å². The van der Waals surface area contributed by atoms with Gasteiger partial charge in [-0.15, -0.1) is 0 Å². The molecule has 140 valence electrons.